The van der Waals surface area contributed by atoms with Crippen molar-refractivity contribution in [3.8, 4) is 5.75 Å². The topological polar surface area (TPSA) is 53.1 Å². The molecule has 170 valence electrons. The highest BCUT2D eigenvalue weighted by Crippen LogP contribution is 2.28. The number of hydrogen-bond donors (Lipinski definition) is 0. The number of benzene rings is 1. The lowest BCUT2D eigenvalue weighted by Crippen LogP contribution is -2.48. The largest absolute Gasteiger partial charge is 0.497 e. The smallest absolute Gasteiger partial charge is 0.211 e. The Hall–Kier alpha value is -1.15. The first-order chi connectivity index (χ1) is 14.4. The van der Waals surface area contributed by atoms with E-state index in [-0.39, 0.29) is 0 Å². The van der Waals surface area contributed by atoms with Crippen LogP contribution in [0.2, 0.25) is 0 Å². The summed E-state index contributed by atoms with van der Waals surface area (Å²) in [5, 5.41) is 0. The first kappa shape index (κ1) is 23.5. The molecule has 1 aliphatic heterocycles. The lowest BCUT2D eigenvalue weighted by atomic mass is 9.87. The second-order valence-electron chi connectivity index (χ2n) is 8.78. The summed E-state index contributed by atoms with van der Waals surface area (Å²) in [6.07, 6.45) is 8.41. The number of ether oxygens (including phenoxy) is 1. The Balaban J connectivity index is 1.44. The van der Waals surface area contributed by atoms with Gasteiger partial charge in [-0.1, -0.05) is 13.0 Å². The molecule has 1 aromatic carbocycles. The molecule has 7 heteroatoms. The molecule has 1 unspecified atom stereocenters. The van der Waals surface area contributed by atoms with E-state index in [0.717, 1.165) is 51.3 Å². The zero-order valence-corrected chi connectivity index (χ0v) is 19.8. The normalized spacial score (nSPS) is 21.0. The Morgan fingerprint density at radius 3 is 2.53 bits per heavy atom. The van der Waals surface area contributed by atoms with E-state index in [1.165, 1.54) is 43.1 Å². The molecule has 6 nitrogen and oxygen atoms in total. The Bertz CT molecular complexity index is 776. The molecule has 0 bridgehead atoms. The van der Waals surface area contributed by atoms with Gasteiger partial charge in [-0.2, -0.15) is 4.31 Å². The maximum Gasteiger partial charge on any atom is 0.211 e. The van der Waals surface area contributed by atoms with Gasteiger partial charge in [-0.25, -0.2) is 8.42 Å². The minimum absolute atomic E-state index is 0.628. The summed E-state index contributed by atoms with van der Waals surface area (Å²) in [6, 6.07) is 7.17. The number of fused-ring (bicyclic) bond motifs is 1. The van der Waals surface area contributed by atoms with E-state index in [1.807, 2.05) is 0 Å². The van der Waals surface area contributed by atoms with Crippen molar-refractivity contribution in [3.05, 3.63) is 29.3 Å². The standard InChI is InChI=1S/C23H39N3O3S/c1-4-11-25(22-9-7-20-8-10-23(29-2)19-21(20)18-22)13-6-5-12-24-14-16-26(17-15-24)30(3,27)28/h8,10,19,22H,4-7,9,11-18H2,1-3H3. The van der Waals surface area contributed by atoms with Crippen molar-refractivity contribution in [2.24, 2.45) is 0 Å². The number of hydrogen-bond acceptors (Lipinski definition) is 5. The first-order valence-electron chi connectivity index (χ1n) is 11.5. The van der Waals surface area contributed by atoms with Crippen molar-refractivity contribution in [1.29, 1.82) is 0 Å². The fraction of sp³-hybridized carbons (Fsp3) is 0.739. The van der Waals surface area contributed by atoms with Gasteiger partial charge in [0, 0.05) is 32.2 Å². The van der Waals surface area contributed by atoms with Crippen LogP contribution < -0.4 is 4.74 Å². The molecule has 0 aromatic heterocycles. The van der Waals surface area contributed by atoms with Crippen molar-refractivity contribution < 1.29 is 13.2 Å². The van der Waals surface area contributed by atoms with E-state index >= 15 is 0 Å². The highest BCUT2D eigenvalue weighted by molar-refractivity contribution is 7.88. The summed E-state index contributed by atoms with van der Waals surface area (Å²) in [5.41, 5.74) is 2.94. The van der Waals surface area contributed by atoms with Gasteiger partial charge in [-0.15, -0.1) is 0 Å². The molecule has 0 amide bonds. The van der Waals surface area contributed by atoms with E-state index in [2.05, 4.69) is 34.9 Å². The van der Waals surface area contributed by atoms with Crippen LogP contribution in [0.5, 0.6) is 5.75 Å². The number of aryl methyl sites for hydroxylation is 1. The van der Waals surface area contributed by atoms with Crippen LogP contribution >= 0.6 is 0 Å². The second-order valence-corrected chi connectivity index (χ2v) is 10.8. The van der Waals surface area contributed by atoms with Gasteiger partial charge in [0.05, 0.1) is 13.4 Å². The number of unbranched alkanes of at least 4 members (excludes halogenated alkanes) is 1. The minimum Gasteiger partial charge on any atom is -0.497 e. The SMILES string of the molecule is CCCN(CCCCN1CCN(S(C)(=O)=O)CC1)C1CCc2ccc(OC)cc2C1. The number of rotatable bonds is 10. The molecule has 1 saturated heterocycles. The Kier molecular flexibility index (Phi) is 8.57. The average Bonchev–Trinajstić information content (AvgIpc) is 2.74. The van der Waals surface area contributed by atoms with Gasteiger partial charge in [0.1, 0.15) is 5.75 Å². The fourth-order valence-corrected chi connectivity index (χ4v) is 5.68. The van der Waals surface area contributed by atoms with Crippen molar-refractivity contribution in [2.75, 3.05) is 59.2 Å². The molecule has 0 radical (unpaired) electrons. The van der Waals surface area contributed by atoms with Gasteiger partial charge in [0.2, 0.25) is 10.0 Å². The van der Waals surface area contributed by atoms with Crippen LogP contribution in [-0.2, 0) is 22.9 Å². The molecule has 1 aromatic rings. The van der Waals surface area contributed by atoms with Gasteiger partial charge in [-0.3, -0.25) is 0 Å². The van der Waals surface area contributed by atoms with Crippen LogP contribution in [0.25, 0.3) is 0 Å². The summed E-state index contributed by atoms with van der Waals surface area (Å²) < 4.78 is 30.3. The Morgan fingerprint density at radius 2 is 1.87 bits per heavy atom. The summed E-state index contributed by atoms with van der Waals surface area (Å²) in [7, 11) is -1.30. The van der Waals surface area contributed by atoms with Gasteiger partial charge >= 0.3 is 0 Å². The zero-order chi connectivity index (χ0) is 21.6. The van der Waals surface area contributed by atoms with Gasteiger partial charge < -0.3 is 14.5 Å². The molecule has 1 fully saturated rings. The van der Waals surface area contributed by atoms with E-state index in [9.17, 15) is 8.42 Å². The molecule has 2 aliphatic rings. The summed E-state index contributed by atoms with van der Waals surface area (Å²) in [6.45, 7) is 8.63. The first-order valence-corrected chi connectivity index (χ1v) is 13.3. The molecule has 0 saturated carbocycles. The maximum atomic E-state index is 11.6. The van der Waals surface area contributed by atoms with Crippen molar-refractivity contribution >= 4 is 10.0 Å². The van der Waals surface area contributed by atoms with Crippen LogP contribution in [0.4, 0.5) is 0 Å². The third-order valence-electron chi connectivity index (χ3n) is 6.61. The minimum atomic E-state index is -3.04. The van der Waals surface area contributed by atoms with Crippen molar-refractivity contribution in [1.82, 2.24) is 14.1 Å². The maximum absolute atomic E-state index is 11.6. The number of methoxy groups -OCH3 is 1. The fourth-order valence-electron chi connectivity index (χ4n) is 4.85. The third kappa shape index (κ3) is 6.42. The lowest BCUT2D eigenvalue weighted by molar-refractivity contribution is 0.162. The molecule has 0 spiro atoms. The molecule has 1 aliphatic carbocycles. The molecule has 30 heavy (non-hydrogen) atoms. The average molecular weight is 438 g/mol. The second kappa shape index (κ2) is 10.9. The molecular weight excluding hydrogens is 398 g/mol. The predicted octanol–water partition coefficient (Wildman–Crippen LogP) is 2.62. The van der Waals surface area contributed by atoms with Gasteiger partial charge in [0.15, 0.2) is 0 Å². The van der Waals surface area contributed by atoms with Gasteiger partial charge in [-0.05, 0) is 81.4 Å². The van der Waals surface area contributed by atoms with Crippen LogP contribution in [-0.4, -0.2) is 87.7 Å². The van der Waals surface area contributed by atoms with Crippen molar-refractivity contribution in [3.63, 3.8) is 0 Å². The Morgan fingerprint density at radius 1 is 1.10 bits per heavy atom. The number of nitrogens with zero attached hydrogens (tertiary/aromatic N) is 3. The summed E-state index contributed by atoms with van der Waals surface area (Å²) in [5.74, 6) is 0.965. The van der Waals surface area contributed by atoms with Crippen molar-refractivity contribution in [2.45, 2.75) is 51.5 Å². The highest BCUT2D eigenvalue weighted by Gasteiger charge is 2.25. The van der Waals surface area contributed by atoms with Crippen LogP contribution in [0, 0.1) is 0 Å². The molecule has 0 N–H and O–H groups in total. The molecular formula is C23H39N3O3S. The zero-order valence-electron chi connectivity index (χ0n) is 19.0. The quantitative estimate of drug-likeness (QED) is 0.527. The van der Waals surface area contributed by atoms with Crippen LogP contribution in [0.15, 0.2) is 18.2 Å². The molecule has 3 rings (SSSR count). The molecule has 1 atom stereocenters. The number of sulfonamides is 1. The van der Waals surface area contributed by atoms with E-state index in [1.54, 1.807) is 11.4 Å². The van der Waals surface area contributed by atoms with E-state index in [0.29, 0.717) is 19.1 Å². The third-order valence-corrected chi connectivity index (χ3v) is 7.92. The summed E-state index contributed by atoms with van der Waals surface area (Å²) >= 11 is 0. The number of piperazine rings is 1. The molecule has 1 heterocycles. The van der Waals surface area contributed by atoms with Gasteiger partial charge in [0.25, 0.3) is 0 Å². The van der Waals surface area contributed by atoms with E-state index in [4.69, 9.17) is 4.74 Å². The van der Waals surface area contributed by atoms with E-state index < -0.39 is 10.0 Å². The Labute approximate surface area is 183 Å². The van der Waals surface area contributed by atoms with Crippen LogP contribution in [0.1, 0.15) is 43.7 Å². The summed E-state index contributed by atoms with van der Waals surface area (Å²) in [4.78, 5) is 5.11. The van der Waals surface area contributed by atoms with Crippen LogP contribution in [0.3, 0.4) is 0 Å². The highest BCUT2D eigenvalue weighted by atomic mass is 32.2. The monoisotopic (exact) mass is 437 g/mol. The lowest BCUT2D eigenvalue weighted by Gasteiger charge is -2.36. The predicted molar refractivity (Wildman–Crippen MR) is 123 cm³/mol.